The number of nitrogens with zero attached hydrogens (tertiary/aromatic N) is 5. The molecule has 1 atom stereocenters. The lowest BCUT2D eigenvalue weighted by molar-refractivity contribution is -0.129. The summed E-state index contributed by atoms with van der Waals surface area (Å²) in [4.78, 5) is 18.8. The van der Waals surface area contributed by atoms with Crippen LogP contribution in [0.15, 0.2) is 47.9 Å². The van der Waals surface area contributed by atoms with Crippen LogP contribution in [0.1, 0.15) is 19.8 Å². The lowest BCUT2D eigenvalue weighted by Gasteiger charge is -2.20. The SMILES string of the molecule is CC(Sc1nnc(-c2ccncc2)n1-c1ccc(Cl)c(Cl)c1)C(=O)N1CCCC1. The molecule has 3 aromatic rings. The van der Waals surface area contributed by atoms with Gasteiger partial charge in [-0.2, -0.15) is 0 Å². The van der Waals surface area contributed by atoms with Gasteiger partial charge in [-0.3, -0.25) is 14.3 Å². The fraction of sp³-hybridized carbons (Fsp3) is 0.300. The number of halogens is 2. The van der Waals surface area contributed by atoms with E-state index in [1.807, 2.05) is 34.6 Å². The molecular formula is C20H19Cl2N5OS. The van der Waals surface area contributed by atoms with Gasteiger partial charge in [-0.25, -0.2) is 0 Å². The van der Waals surface area contributed by atoms with Crippen molar-refractivity contribution in [1.82, 2.24) is 24.6 Å². The quantitative estimate of drug-likeness (QED) is 0.528. The van der Waals surface area contributed by atoms with E-state index in [0.29, 0.717) is 21.0 Å². The molecule has 0 spiro atoms. The van der Waals surface area contributed by atoms with Crippen molar-refractivity contribution in [2.45, 2.75) is 30.2 Å². The Labute approximate surface area is 183 Å². The minimum atomic E-state index is -0.274. The van der Waals surface area contributed by atoms with Crippen LogP contribution in [0.25, 0.3) is 17.1 Å². The fourth-order valence-electron chi connectivity index (χ4n) is 3.29. The molecule has 150 valence electrons. The van der Waals surface area contributed by atoms with E-state index >= 15 is 0 Å². The number of carbonyl (C=O) groups is 1. The minimum Gasteiger partial charge on any atom is -0.342 e. The van der Waals surface area contributed by atoms with Gasteiger partial charge in [0, 0.05) is 31.0 Å². The topological polar surface area (TPSA) is 63.9 Å². The van der Waals surface area contributed by atoms with Gasteiger partial charge in [-0.15, -0.1) is 10.2 Å². The summed E-state index contributed by atoms with van der Waals surface area (Å²) >= 11 is 13.8. The van der Waals surface area contributed by atoms with Crippen molar-refractivity contribution in [3.8, 4) is 17.1 Å². The van der Waals surface area contributed by atoms with Gasteiger partial charge in [0.25, 0.3) is 0 Å². The first kappa shape index (κ1) is 20.2. The standard InChI is InChI=1S/C20H19Cl2N5OS/c1-13(19(28)26-10-2-3-11-26)29-20-25-24-18(14-6-8-23-9-7-14)27(20)15-4-5-16(21)17(22)12-15/h4-9,12-13H,2-3,10-11H2,1H3. The van der Waals surface area contributed by atoms with Crippen LogP contribution < -0.4 is 0 Å². The Kier molecular flexibility index (Phi) is 6.08. The predicted molar refractivity (Wildman–Crippen MR) is 116 cm³/mol. The number of amides is 1. The van der Waals surface area contributed by atoms with Gasteiger partial charge < -0.3 is 4.90 Å². The smallest absolute Gasteiger partial charge is 0.235 e. The number of hydrogen-bond donors (Lipinski definition) is 0. The number of hydrogen-bond acceptors (Lipinski definition) is 5. The van der Waals surface area contributed by atoms with Gasteiger partial charge in [-0.05, 0) is 50.1 Å². The van der Waals surface area contributed by atoms with Crippen LogP contribution in [0.4, 0.5) is 0 Å². The second-order valence-electron chi connectivity index (χ2n) is 6.77. The normalized spacial score (nSPS) is 14.9. The van der Waals surface area contributed by atoms with E-state index < -0.39 is 0 Å². The third kappa shape index (κ3) is 4.27. The Hall–Kier alpha value is -2.09. The highest BCUT2D eigenvalue weighted by Crippen LogP contribution is 2.33. The maximum Gasteiger partial charge on any atom is 0.235 e. The number of benzene rings is 1. The van der Waals surface area contributed by atoms with Crippen molar-refractivity contribution in [3.63, 3.8) is 0 Å². The van der Waals surface area contributed by atoms with Gasteiger partial charge >= 0.3 is 0 Å². The highest BCUT2D eigenvalue weighted by molar-refractivity contribution is 8.00. The molecule has 1 saturated heterocycles. The molecule has 0 radical (unpaired) electrons. The summed E-state index contributed by atoms with van der Waals surface area (Å²) in [6.45, 7) is 3.56. The molecule has 1 amide bonds. The van der Waals surface area contributed by atoms with Crippen molar-refractivity contribution in [3.05, 3.63) is 52.8 Å². The molecule has 1 aliphatic rings. The summed E-state index contributed by atoms with van der Waals surface area (Å²) in [5, 5.41) is 10.0. The molecule has 9 heteroatoms. The average molecular weight is 448 g/mol. The van der Waals surface area contributed by atoms with Gasteiger partial charge in [0.1, 0.15) is 0 Å². The summed E-state index contributed by atoms with van der Waals surface area (Å²) < 4.78 is 1.90. The zero-order valence-corrected chi connectivity index (χ0v) is 18.1. The predicted octanol–water partition coefficient (Wildman–Crippen LogP) is 4.74. The molecule has 1 unspecified atom stereocenters. The molecular weight excluding hydrogens is 429 g/mol. The van der Waals surface area contributed by atoms with E-state index in [1.54, 1.807) is 24.5 Å². The van der Waals surface area contributed by atoms with Gasteiger partial charge in [0.15, 0.2) is 11.0 Å². The molecule has 0 bridgehead atoms. The molecule has 0 saturated carbocycles. The van der Waals surface area contributed by atoms with Crippen LogP contribution in [-0.2, 0) is 4.79 Å². The Morgan fingerprint density at radius 3 is 2.48 bits per heavy atom. The number of aromatic nitrogens is 4. The lowest BCUT2D eigenvalue weighted by Crippen LogP contribution is -2.34. The number of pyridine rings is 1. The zero-order chi connectivity index (χ0) is 20.4. The number of carbonyl (C=O) groups excluding carboxylic acids is 1. The third-order valence-electron chi connectivity index (χ3n) is 4.78. The summed E-state index contributed by atoms with van der Waals surface area (Å²) in [5.74, 6) is 0.774. The van der Waals surface area contributed by atoms with Crippen LogP contribution >= 0.6 is 35.0 Å². The number of thioether (sulfide) groups is 1. The lowest BCUT2D eigenvalue weighted by atomic mass is 10.2. The summed E-state index contributed by atoms with van der Waals surface area (Å²) in [6.07, 6.45) is 5.54. The molecule has 3 heterocycles. The highest BCUT2D eigenvalue weighted by atomic mass is 35.5. The highest BCUT2D eigenvalue weighted by Gasteiger charge is 2.27. The molecule has 1 aromatic carbocycles. The van der Waals surface area contributed by atoms with Gasteiger partial charge in [0.2, 0.25) is 5.91 Å². The Bertz CT molecular complexity index is 1020. The van der Waals surface area contributed by atoms with Crippen molar-refractivity contribution >= 4 is 40.9 Å². The molecule has 1 aliphatic heterocycles. The van der Waals surface area contributed by atoms with E-state index in [-0.39, 0.29) is 11.2 Å². The van der Waals surface area contributed by atoms with Crippen LogP contribution in [0, 0.1) is 0 Å². The van der Waals surface area contributed by atoms with Crippen molar-refractivity contribution < 1.29 is 4.79 Å². The second kappa shape index (κ2) is 8.73. The summed E-state index contributed by atoms with van der Waals surface area (Å²) in [7, 11) is 0. The van der Waals surface area contributed by atoms with E-state index in [4.69, 9.17) is 23.2 Å². The molecule has 0 aliphatic carbocycles. The molecule has 4 rings (SSSR count). The van der Waals surface area contributed by atoms with E-state index in [1.165, 1.54) is 11.8 Å². The molecule has 2 aromatic heterocycles. The van der Waals surface area contributed by atoms with Crippen LogP contribution in [0.5, 0.6) is 0 Å². The number of likely N-dealkylation sites (tertiary alicyclic amines) is 1. The van der Waals surface area contributed by atoms with Crippen molar-refractivity contribution in [1.29, 1.82) is 0 Å². The second-order valence-corrected chi connectivity index (χ2v) is 8.89. The van der Waals surface area contributed by atoms with E-state index in [0.717, 1.165) is 37.2 Å². The Morgan fingerprint density at radius 2 is 1.79 bits per heavy atom. The third-order valence-corrected chi connectivity index (χ3v) is 6.55. The number of rotatable bonds is 5. The maximum absolute atomic E-state index is 12.8. The molecule has 0 N–H and O–H groups in total. The van der Waals surface area contributed by atoms with Crippen LogP contribution in [0.2, 0.25) is 10.0 Å². The Balaban J connectivity index is 1.72. The van der Waals surface area contributed by atoms with Crippen LogP contribution in [-0.4, -0.2) is 48.9 Å². The average Bonchev–Trinajstić information content (AvgIpc) is 3.40. The monoisotopic (exact) mass is 447 g/mol. The minimum absolute atomic E-state index is 0.127. The zero-order valence-electron chi connectivity index (χ0n) is 15.8. The molecule has 6 nitrogen and oxygen atoms in total. The summed E-state index contributed by atoms with van der Waals surface area (Å²) in [5.41, 5.74) is 1.64. The fourth-order valence-corrected chi connectivity index (χ4v) is 4.54. The Morgan fingerprint density at radius 1 is 1.07 bits per heavy atom. The van der Waals surface area contributed by atoms with Crippen LogP contribution in [0.3, 0.4) is 0 Å². The van der Waals surface area contributed by atoms with Gasteiger partial charge in [-0.1, -0.05) is 35.0 Å². The molecule has 29 heavy (non-hydrogen) atoms. The van der Waals surface area contributed by atoms with Crippen molar-refractivity contribution in [2.75, 3.05) is 13.1 Å². The maximum atomic E-state index is 12.8. The van der Waals surface area contributed by atoms with Crippen molar-refractivity contribution in [2.24, 2.45) is 0 Å². The first-order valence-electron chi connectivity index (χ1n) is 9.31. The largest absolute Gasteiger partial charge is 0.342 e. The first-order chi connectivity index (χ1) is 14.0. The molecule has 1 fully saturated rings. The van der Waals surface area contributed by atoms with Gasteiger partial charge in [0.05, 0.1) is 21.0 Å². The van der Waals surface area contributed by atoms with E-state index in [9.17, 15) is 4.79 Å². The first-order valence-corrected chi connectivity index (χ1v) is 10.9. The van der Waals surface area contributed by atoms with E-state index in [2.05, 4.69) is 15.2 Å². The summed E-state index contributed by atoms with van der Waals surface area (Å²) in [6, 6.07) is 9.10.